The van der Waals surface area contributed by atoms with E-state index in [1.165, 1.54) is 0 Å². The van der Waals surface area contributed by atoms with E-state index in [9.17, 15) is 4.79 Å². The lowest BCUT2D eigenvalue weighted by molar-refractivity contribution is 0.0996. The second-order valence-corrected chi connectivity index (χ2v) is 3.87. The number of anilines is 1. The monoisotopic (exact) mass is 245 g/mol. The van der Waals surface area contributed by atoms with E-state index in [1.807, 2.05) is 32.0 Å². The number of hydrogen-bond acceptors (Lipinski definition) is 3. The molecule has 0 bridgehead atoms. The SMILES string of the molecule is CCOc1ccccc1NC(=O)c1cc(C)co1. The fraction of sp³-hybridized carbons (Fsp3) is 0.214. The molecular weight excluding hydrogens is 230 g/mol. The molecule has 0 saturated heterocycles. The number of benzene rings is 1. The van der Waals surface area contributed by atoms with Crippen molar-refractivity contribution in [2.24, 2.45) is 0 Å². The summed E-state index contributed by atoms with van der Waals surface area (Å²) in [7, 11) is 0. The summed E-state index contributed by atoms with van der Waals surface area (Å²) in [5.41, 5.74) is 1.55. The van der Waals surface area contributed by atoms with Gasteiger partial charge in [-0.15, -0.1) is 0 Å². The van der Waals surface area contributed by atoms with Gasteiger partial charge in [0.05, 0.1) is 18.6 Å². The first-order chi connectivity index (χ1) is 8.70. The number of para-hydroxylation sites is 2. The highest BCUT2D eigenvalue weighted by Crippen LogP contribution is 2.24. The molecule has 0 aliphatic heterocycles. The van der Waals surface area contributed by atoms with Crippen LogP contribution in [0.25, 0.3) is 0 Å². The van der Waals surface area contributed by atoms with Gasteiger partial charge in [-0.1, -0.05) is 12.1 Å². The molecule has 0 unspecified atom stereocenters. The largest absolute Gasteiger partial charge is 0.492 e. The van der Waals surface area contributed by atoms with Crippen molar-refractivity contribution in [3.63, 3.8) is 0 Å². The van der Waals surface area contributed by atoms with Crippen molar-refractivity contribution in [3.05, 3.63) is 47.9 Å². The summed E-state index contributed by atoms with van der Waals surface area (Å²) < 4.78 is 10.6. The Labute approximate surface area is 106 Å². The van der Waals surface area contributed by atoms with Gasteiger partial charge in [0.1, 0.15) is 5.75 Å². The van der Waals surface area contributed by atoms with Crippen LogP contribution < -0.4 is 10.1 Å². The summed E-state index contributed by atoms with van der Waals surface area (Å²) in [4.78, 5) is 11.9. The third-order valence-electron chi connectivity index (χ3n) is 2.39. The molecule has 94 valence electrons. The Morgan fingerprint density at radius 1 is 1.39 bits per heavy atom. The third-order valence-corrected chi connectivity index (χ3v) is 2.39. The van der Waals surface area contributed by atoms with Crippen molar-refractivity contribution in [2.75, 3.05) is 11.9 Å². The van der Waals surface area contributed by atoms with Crippen LogP contribution in [0.5, 0.6) is 5.75 Å². The predicted molar refractivity (Wildman–Crippen MR) is 69.0 cm³/mol. The van der Waals surface area contributed by atoms with E-state index in [0.717, 1.165) is 5.56 Å². The van der Waals surface area contributed by atoms with Crippen LogP contribution in [0.1, 0.15) is 23.0 Å². The van der Waals surface area contributed by atoms with Gasteiger partial charge in [0, 0.05) is 0 Å². The molecule has 0 aliphatic carbocycles. The van der Waals surface area contributed by atoms with Gasteiger partial charge in [-0.3, -0.25) is 4.79 Å². The molecule has 4 nitrogen and oxygen atoms in total. The number of furan rings is 1. The normalized spacial score (nSPS) is 10.1. The van der Waals surface area contributed by atoms with Gasteiger partial charge in [0.15, 0.2) is 5.76 Å². The highest BCUT2D eigenvalue weighted by Gasteiger charge is 2.12. The molecule has 1 aromatic heterocycles. The lowest BCUT2D eigenvalue weighted by Gasteiger charge is -2.10. The molecule has 1 aromatic carbocycles. The number of carbonyl (C=O) groups is 1. The average molecular weight is 245 g/mol. The standard InChI is InChI=1S/C14H15NO3/c1-3-17-12-7-5-4-6-11(12)15-14(16)13-8-10(2)9-18-13/h4-9H,3H2,1-2H3,(H,15,16). The maximum absolute atomic E-state index is 11.9. The van der Waals surface area contributed by atoms with Crippen LogP contribution >= 0.6 is 0 Å². The van der Waals surface area contributed by atoms with Crippen molar-refractivity contribution >= 4 is 11.6 Å². The Morgan fingerprint density at radius 2 is 2.17 bits per heavy atom. The molecule has 4 heteroatoms. The molecule has 1 amide bonds. The zero-order valence-electron chi connectivity index (χ0n) is 10.4. The fourth-order valence-electron chi connectivity index (χ4n) is 1.59. The van der Waals surface area contributed by atoms with E-state index < -0.39 is 0 Å². The lowest BCUT2D eigenvalue weighted by atomic mass is 10.2. The number of aryl methyl sites for hydroxylation is 1. The molecule has 2 aromatic rings. The molecule has 0 spiro atoms. The number of nitrogens with one attached hydrogen (secondary N) is 1. The number of amides is 1. The topological polar surface area (TPSA) is 51.5 Å². The van der Waals surface area contributed by atoms with Gasteiger partial charge in [0.25, 0.3) is 5.91 Å². The van der Waals surface area contributed by atoms with Crippen molar-refractivity contribution in [1.82, 2.24) is 0 Å². The maximum Gasteiger partial charge on any atom is 0.291 e. The first-order valence-corrected chi connectivity index (χ1v) is 5.79. The molecule has 0 saturated carbocycles. The van der Waals surface area contributed by atoms with Gasteiger partial charge in [-0.05, 0) is 37.6 Å². The minimum Gasteiger partial charge on any atom is -0.492 e. The quantitative estimate of drug-likeness (QED) is 0.899. The molecule has 0 radical (unpaired) electrons. The molecule has 0 atom stereocenters. The fourth-order valence-corrected chi connectivity index (χ4v) is 1.59. The molecular formula is C14H15NO3. The van der Waals surface area contributed by atoms with Gasteiger partial charge in [0.2, 0.25) is 0 Å². The van der Waals surface area contributed by atoms with Crippen LogP contribution in [-0.4, -0.2) is 12.5 Å². The summed E-state index contributed by atoms with van der Waals surface area (Å²) in [5, 5.41) is 2.77. The average Bonchev–Trinajstić information content (AvgIpc) is 2.79. The Morgan fingerprint density at radius 3 is 2.83 bits per heavy atom. The van der Waals surface area contributed by atoms with Crippen molar-refractivity contribution in [3.8, 4) is 5.75 Å². The summed E-state index contributed by atoms with van der Waals surface area (Å²) in [6.45, 7) is 4.32. The first kappa shape index (κ1) is 12.2. The van der Waals surface area contributed by atoms with E-state index >= 15 is 0 Å². The van der Waals surface area contributed by atoms with E-state index in [4.69, 9.17) is 9.15 Å². The molecule has 0 aliphatic rings. The van der Waals surface area contributed by atoms with Crippen molar-refractivity contribution in [1.29, 1.82) is 0 Å². The van der Waals surface area contributed by atoms with Crippen LogP contribution in [0.3, 0.4) is 0 Å². The third kappa shape index (κ3) is 2.71. The Hall–Kier alpha value is -2.23. The minimum atomic E-state index is -0.282. The lowest BCUT2D eigenvalue weighted by Crippen LogP contribution is -2.12. The number of rotatable bonds is 4. The van der Waals surface area contributed by atoms with Gasteiger partial charge < -0.3 is 14.5 Å². The number of ether oxygens (including phenoxy) is 1. The van der Waals surface area contributed by atoms with Crippen LogP contribution in [0.4, 0.5) is 5.69 Å². The van der Waals surface area contributed by atoms with Gasteiger partial charge >= 0.3 is 0 Å². The Balaban J connectivity index is 2.16. The Kier molecular flexibility index (Phi) is 3.67. The molecule has 2 rings (SSSR count). The summed E-state index contributed by atoms with van der Waals surface area (Å²) in [6.07, 6.45) is 1.55. The van der Waals surface area contributed by atoms with E-state index in [-0.39, 0.29) is 5.91 Å². The number of hydrogen-bond donors (Lipinski definition) is 1. The molecule has 1 heterocycles. The highest BCUT2D eigenvalue weighted by atomic mass is 16.5. The number of carbonyl (C=O) groups excluding carboxylic acids is 1. The molecule has 1 N–H and O–H groups in total. The Bertz CT molecular complexity index is 545. The van der Waals surface area contributed by atoms with Gasteiger partial charge in [-0.2, -0.15) is 0 Å². The van der Waals surface area contributed by atoms with Crippen LogP contribution in [0, 0.1) is 6.92 Å². The van der Waals surface area contributed by atoms with Crippen LogP contribution in [0.15, 0.2) is 41.0 Å². The first-order valence-electron chi connectivity index (χ1n) is 5.79. The van der Waals surface area contributed by atoms with Crippen molar-refractivity contribution < 1.29 is 13.9 Å². The van der Waals surface area contributed by atoms with E-state index in [2.05, 4.69) is 5.32 Å². The second kappa shape index (κ2) is 5.40. The molecule has 0 fully saturated rings. The van der Waals surface area contributed by atoms with Gasteiger partial charge in [-0.25, -0.2) is 0 Å². The summed E-state index contributed by atoms with van der Waals surface area (Å²) in [5.74, 6) is 0.658. The second-order valence-electron chi connectivity index (χ2n) is 3.87. The summed E-state index contributed by atoms with van der Waals surface area (Å²) >= 11 is 0. The van der Waals surface area contributed by atoms with Crippen LogP contribution in [-0.2, 0) is 0 Å². The van der Waals surface area contributed by atoms with Crippen molar-refractivity contribution in [2.45, 2.75) is 13.8 Å². The highest BCUT2D eigenvalue weighted by molar-refractivity contribution is 6.03. The van der Waals surface area contributed by atoms with Crippen LogP contribution in [0.2, 0.25) is 0 Å². The zero-order valence-corrected chi connectivity index (χ0v) is 10.4. The van der Waals surface area contributed by atoms with E-state index in [0.29, 0.717) is 23.8 Å². The smallest absolute Gasteiger partial charge is 0.291 e. The summed E-state index contributed by atoms with van der Waals surface area (Å²) in [6, 6.07) is 8.99. The minimum absolute atomic E-state index is 0.282. The predicted octanol–water partition coefficient (Wildman–Crippen LogP) is 3.24. The van der Waals surface area contributed by atoms with E-state index in [1.54, 1.807) is 18.4 Å². The zero-order chi connectivity index (χ0) is 13.0. The molecule has 18 heavy (non-hydrogen) atoms. The maximum atomic E-state index is 11.9.